The molecule has 0 saturated carbocycles. The first-order valence-corrected chi connectivity index (χ1v) is 15.0. The zero-order valence-electron chi connectivity index (χ0n) is 23.9. The molecule has 3 aromatic rings. The van der Waals surface area contributed by atoms with Gasteiger partial charge in [0.1, 0.15) is 18.4 Å². The van der Waals surface area contributed by atoms with Crippen LogP contribution in [0.3, 0.4) is 0 Å². The van der Waals surface area contributed by atoms with Gasteiger partial charge in [0.25, 0.3) is 0 Å². The number of sulfonamides is 1. The summed E-state index contributed by atoms with van der Waals surface area (Å²) in [5.74, 6) is -2.00. The average molecular weight is 582 g/mol. The fourth-order valence-electron chi connectivity index (χ4n) is 4.31. The van der Waals surface area contributed by atoms with E-state index in [2.05, 4.69) is 5.32 Å². The lowest BCUT2D eigenvalue weighted by Crippen LogP contribution is -2.56. The summed E-state index contributed by atoms with van der Waals surface area (Å²) >= 11 is 0. The molecule has 218 valence electrons. The molecule has 41 heavy (non-hydrogen) atoms. The number of carbonyl (C=O) groups is 3. The third-order valence-electron chi connectivity index (χ3n) is 6.29. The van der Waals surface area contributed by atoms with E-state index in [0.29, 0.717) is 0 Å². The summed E-state index contributed by atoms with van der Waals surface area (Å²) in [6.45, 7) is 5.84. The Morgan fingerprint density at radius 1 is 0.927 bits per heavy atom. The molecule has 3 rings (SSSR count). The minimum Gasteiger partial charge on any atom is -0.350 e. The highest BCUT2D eigenvalue weighted by atomic mass is 32.2. The Bertz CT molecular complexity index is 1500. The summed E-state index contributed by atoms with van der Waals surface area (Å²) in [6.07, 6.45) is 1.07. The van der Waals surface area contributed by atoms with Crippen molar-refractivity contribution < 1.29 is 27.2 Å². The molecule has 1 atom stereocenters. The van der Waals surface area contributed by atoms with E-state index in [9.17, 15) is 27.2 Å². The van der Waals surface area contributed by atoms with Crippen molar-refractivity contribution in [2.24, 2.45) is 0 Å². The summed E-state index contributed by atoms with van der Waals surface area (Å²) in [7, 11) is -4.00. The van der Waals surface area contributed by atoms with Crippen molar-refractivity contribution in [1.29, 1.82) is 0 Å². The molecule has 0 heterocycles. The number of nitrogens with zero attached hydrogens (tertiary/aromatic N) is 2. The van der Waals surface area contributed by atoms with Crippen LogP contribution in [0.25, 0.3) is 0 Å². The van der Waals surface area contributed by atoms with E-state index in [1.807, 2.05) is 30.3 Å². The van der Waals surface area contributed by atoms with Gasteiger partial charge in [-0.1, -0.05) is 60.7 Å². The van der Waals surface area contributed by atoms with Crippen LogP contribution in [0.5, 0.6) is 0 Å². The highest BCUT2D eigenvalue weighted by Crippen LogP contribution is 2.22. The Morgan fingerprint density at radius 3 is 2.15 bits per heavy atom. The van der Waals surface area contributed by atoms with E-state index in [1.54, 1.807) is 32.9 Å². The number of ketones is 1. The fourth-order valence-corrected chi connectivity index (χ4v) is 5.15. The topological polar surface area (TPSA) is 104 Å². The molecule has 8 nitrogen and oxygen atoms in total. The lowest BCUT2D eigenvalue weighted by atomic mass is 10.0. The van der Waals surface area contributed by atoms with Gasteiger partial charge in [-0.3, -0.25) is 18.7 Å². The smallest absolute Gasteiger partial charge is 0.244 e. The van der Waals surface area contributed by atoms with Crippen molar-refractivity contribution in [3.63, 3.8) is 0 Å². The van der Waals surface area contributed by atoms with E-state index in [1.165, 1.54) is 48.2 Å². The van der Waals surface area contributed by atoms with E-state index >= 15 is 0 Å². The maximum atomic E-state index is 14.8. The van der Waals surface area contributed by atoms with E-state index in [4.69, 9.17) is 0 Å². The third-order valence-corrected chi connectivity index (χ3v) is 7.43. The highest BCUT2D eigenvalue weighted by molar-refractivity contribution is 7.92. The molecule has 0 fully saturated rings. The molecule has 2 amide bonds. The predicted octanol–water partition coefficient (Wildman–Crippen LogP) is 4.35. The number of rotatable bonds is 11. The number of amides is 2. The Hall–Kier alpha value is -4.05. The van der Waals surface area contributed by atoms with Gasteiger partial charge in [-0.15, -0.1) is 0 Å². The average Bonchev–Trinajstić information content (AvgIpc) is 2.89. The van der Waals surface area contributed by atoms with Gasteiger partial charge in [0.15, 0.2) is 5.78 Å². The lowest BCUT2D eigenvalue weighted by Gasteiger charge is -2.35. The molecular formula is C31H36FN3O5S. The summed E-state index contributed by atoms with van der Waals surface area (Å²) < 4.78 is 41.5. The summed E-state index contributed by atoms with van der Waals surface area (Å²) in [5, 5.41) is 2.91. The van der Waals surface area contributed by atoms with Crippen LogP contribution in [0.1, 0.15) is 49.2 Å². The molecule has 0 radical (unpaired) electrons. The monoisotopic (exact) mass is 581 g/mol. The standard InChI is InChI=1S/C31H36FN3O5S/c1-22(36)24-15-11-16-26(19-24)35(41(5,39)40)21-29(37)34(20-25-14-9-10-17-27(25)32)28(30(38)33-31(2,3)4)18-23-12-7-6-8-13-23/h6-17,19,28H,18,20-21H2,1-5H3,(H,33,38)/t28-/m1/s1. The maximum absolute atomic E-state index is 14.8. The van der Waals surface area contributed by atoms with Crippen molar-refractivity contribution in [1.82, 2.24) is 10.2 Å². The van der Waals surface area contributed by atoms with Crippen molar-refractivity contribution in [2.75, 3.05) is 17.1 Å². The number of Topliss-reactive ketones (excluding diaryl/α,β-unsaturated/α-hetero) is 1. The molecular weight excluding hydrogens is 545 g/mol. The molecule has 0 aromatic heterocycles. The number of benzene rings is 3. The third kappa shape index (κ3) is 8.97. The second kappa shape index (κ2) is 13.1. The molecule has 0 aliphatic rings. The van der Waals surface area contributed by atoms with Crippen LogP contribution in [0.4, 0.5) is 10.1 Å². The van der Waals surface area contributed by atoms with Crippen molar-refractivity contribution in [3.05, 3.63) is 101 Å². The fraction of sp³-hybridized carbons (Fsp3) is 0.323. The minimum atomic E-state index is -4.00. The Balaban J connectivity index is 2.10. The number of nitrogens with one attached hydrogen (secondary N) is 1. The predicted molar refractivity (Wildman–Crippen MR) is 157 cm³/mol. The van der Waals surface area contributed by atoms with Gasteiger partial charge in [-0.2, -0.15) is 0 Å². The SMILES string of the molecule is CC(=O)c1cccc(N(CC(=O)N(Cc2ccccc2F)[C@H](Cc2ccccc2)C(=O)NC(C)(C)C)S(C)(=O)=O)c1. The zero-order chi connectivity index (χ0) is 30.4. The lowest BCUT2D eigenvalue weighted by molar-refractivity contribution is -0.140. The largest absolute Gasteiger partial charge is 0.350 e. The Labute approximate surface area is 241 Å². The molecule has 0 spiro atoms. The number of hydrogen-bond acceptors (Lipinski definition) is 5. The van der Waals surface area contributed by atoms with Crippen LogP contribution in [-0.4, -0.2) is 55.3 Å². The zero-order valence-corrected chi connectivity index (χ0v) is 24.7. The second-order valence-electron chi connectivity index (χ2n) is 10.9. The van der Waals surface area contributed by atoms with Crippen molar-refractivity contribution in [3.8, 4) is 0 Å². The first-order chi connectivity index (χ1) is 19.2. The van der Waals surface area contributed by atoms with E-state index in [-0.39, 0.29) is 35.6 Å². The van der Waals surface area contributed by atoms with Gasteiger partial charge < -0.3 is 10.2 Å². The van der Waals surface area contributed by atoms with Crippen LogP contribution in [0, 0.1) is 5.82 Å². The Morgan fingerprint density at radius 2 is 1.56 bits per heavy atom. The molecule has 10 heteroatoms. The number of hydrogen-bond donors (Lipinski definition) is 1. The molecule has 0 aliphatic heterocycles. The van der Waals surface area contributed by atoms with Crippen LogP contribution < -0.4 is 9.62 Å². The van der Waals surface area contributed by atoms with Gasteiger partial charge in [0.05, 0.1) is 11.9 Å². The molecule has 0 unspecified atom stereocenters. The number of carbonyl (C=O) groups excluding carboxylic acids is 3. The van der Waals surface area contributed by atoms with Gasteiger partial charge in [0, 0.05) is 29.6 Å². The minimum absolute atomic E-state index is 0.113. The quantitative estimate of drug-likeness (QED) is 0.339. The Kier molecular flexibility index (Phi) is 10.0. The molecule has 0 bridgehead atoms. The molecule has 0 aliphatic carbocycles. The second-order valence-corrected chi connectivity index (χ2v) is 12.8. The molecule has 0 saturated heterocycles. The van der Waals surface area contributed by atoms with Crippen LogP contribution >= 0.6 is 0 Å². The maximum Gasteiger partial charge on any atom is 0.244 e. The van der Waals surface area contributed by atoms with Gasteiger partial charge in [0.2, 0.25) is 21.8 Å². The number of halogens is 1. The van der Waals surface area contributed by atoms with Crippen molar-refractivity contribution >= 4 is 33.3 Å². The van der Waals surface area contributed by atoms with Gasteiger partial charge in [-0.25, -0.2) is 12.8 Å². The normalized spacial score (nSPS) is 12.3. The summed E-state index contributed by atoms with van der Waals surface area (Å²) in [6, 6.07) is 19.9. The van der Waals surface area contributed by atoms with Crippen molar-refractivity contribution in [2.45, 2.75) is 52.2 Å². The molecule has 1 N–H and O–H groups in total. The number of anilines is 1. The van der Waals surface area contributed by atoms with Gasteiger partial charge in [-0.05, 0) is 51.5 Å². The van der Waals surface area contributed by atoms with Crippen LogP contribution in [0.2, 0.25) is 0 Å². The summed E-state index contributed by atoms with van der Waals surface area (Å²) in [4.78, 5) is 40.9. The first-order valence-electron chi connectivity index (χ1n) is 13.1. The first kappa shape index (κ1) is 31.5. The van der Waals surface area contributed by atoms with E-state index in [0.717, 1.165) is 16.1 Å². The van der Waals surface area contributed by atoms with Crippen LogP contribution in [-0.2, 0) is 32.6 Å². The molecule has 3 aromatic carbocycles. The highest BCUT2D eigenvalue weighted by Gasteiger charge is 2.34. The summed E-state index contributed by atoms with van der Waals surface area (Å²) in [5.41, 5.74) is 0.704. The van der Waals surface area contributed by atoms with E-state index < -0.39 is 45.8 Å². The van der Waals surface area contributed by atoms with Crippen LogP contribution in [0.15, 0.2) is 78.9 Å². The van der Waals surface area contributed by atoms with Gasteiger partial charge >= 0.3 is 0 Å².